The molecule has 0 radical (unpaired) electrons. The molecule has 1 saturated heterocycles. The van der Waals surface area contributed by atoms with Gasteiger partial charge in [0.05, 0.1) is 11.8 Å². The van der Waals surface area contributed by atoms with Crippen molar-refractivity contribution < 1.29 is 18.7 Å². The van der Waals surface area contributed by atoms with Crippen LogP contribution in [0.2, 0.25) is 0 Å². The number of ether oxygens (including phenoxy) is 1. The highest BCUT2D eigenvalue weighted by molar-refractivity contribution is 7.16. The van der Waals surface area contributed by atoms with Gasteiger partial charge >= 0.3 is 6.09 Å². The standard InChI is InChI=1S/C21H21N3O4S/c22-13-17-16-7-5-15(28-21(26)24-9-1-2-10-24)12-18(16)29-20(17)23-19(25)8-6-14-4-3-11-27-14/h3-4,6,8,11,15H,1-2,5,7,9-10,12H2,(H,23,25)/b8-6+. The fraction of sp³-hybridized carbons (Fsp3) is 0.381. The lowest BCUT2D eigenvalue weighted by Gasteiger charge is -2.25. The molecule has 0 saturated carbocycles. The summed E-state index contributed by atoms with van der Waals surface area (Å²) in [5.74, 6) is 0.252. The predicted molar refractivity (Wildman–Crippen MR) is 109 cm³/mol. The average Bonchev–Trinajstić information content (AvgIpc) is 3.46. The largest absolute Gasteiger partial charge is 0.465 e. The molecule has 7 nitrogen and oxygen atoms in total. The number of nitrogens with zero attached hydrogens (tertiary/aromatic N) is 2. The van der Waals surface area contributed by atoms with E-state index >= 15 is 0 Å². The summed E-state index contributed by atoms with van der Waals surface area (Å²) in [6, 6.07) is 5.71. The molecule has 2 aromatic heterocycles. The smallest absolute Gasteiger partial charge is 0.410 e. The molecule has 150 valence electrons. The fourth-order valence-electron chi connectivity index (χ4n) is 3.68. The van der Waals surface area contributed by atoms with Gasteiger partial charge in [0, 0.05) is 30.5 Å². The molecule has 4 rings (SSSR count). The minimum Gasteiger partial charge on any atom is -0.465 e. The number of nitriles is 1. The lowest BCUT2D eigenvalue weighted by Crippen LogP contribution is -2.34. The Bertz CT molecular complexity index is 965. The van der Waals surface area contributed by atoms with Gasteiger partial charge in [0.25, 0.3) is 0 Å². The van der Waals surface area contributed by atoms with Gasteiger partial charge in [-0.1, -0.05) is 0 Å². The Balaban J connectivity index is 1.42. The molecule has 1 aliphatic carbocycles. The zero-order valence-electron chi connectivity index (χ0n) is 15.8. The van der Waals surface area contributed by atoms with E-state index in [-0.39, 0.29) is 18.1 Å². The van der Waals surface area contributed by atoms with Gasteiger partial charge in [-0.2, -0.15) is 5.26 Å². The number of hydrogen-bond acceptors (Lipinski definition) is 6. The number of carbonyl (C=O) groups is 2. The number of anilines is 1. The first kappa shape index (κ1) is 19.3. The number of carbonyl (C=O) groups excluding carboxylic acids is 2. The van der Waals surface area contributed by atoms with Crippen molar-refractivity contribution in [2.75, 3.05) is 18.4 Å². The summed E-state index contributed by atoms with van der Waals surface area (Å²) < 4.78 is 10.8. The third-order valence-electron chi connectivity index (χ3n) is 5.14. The summed E-state index contributed by atoms with van der Waals surface area (Å²) in [5.41, 5.74) is 1.46. The molecule has 1 atom stereocenters. The van der Waals surface area contributed by atoms with E-state index in [2.05, 4.69) is 11.4 Å². The van der Waals surface area contributed by atoms with Gasteiger partial charge in [-0.05, 0) is 49.5 Å². The van der Waals surface area contributed by atoms with Crippen molar-refractivity contribution in [2.24, 2.45) is 0 Å². The van der Waals surface area contributed by atoms with E-state index in [9.17, 15) is 14.9 Å². The predicted octanol–water partition coefficient (Wildman–Crippen LogP) is 3.95. The van der Waals surface area contributed by atoms with Crippen LogP contribution in [-0.4, -0.2) is 36.1 Å². The van der Waals surface area contributed by atoms with Crippen LogP contribution in [0.15, 0.2) is 28.9 Å². The third-order valence-corrected chi connectivity index (χ3v) is 6.31. The molecule has 8 heteroatoms. The van der Waals surface area contributed by atoms with Crippen molar-refractivity contribution >= 4 is 34.4 Å². The molecule has 29 heavy (non-hydrogen) atoms. The van der Waals surface area contributed by atoms with Crippen LogP contribution >= 0.6 is 11.3 Å². The van der Waals surface area contributed by atoms with E-state index in [1.165, 1.54) is 23.7 Å². The number of nitrogens with one attached hydrogen (secondary N) is 1. The molecular formula is C21H21N3O4S. The van der Waals surface area contributed by atoms with Crippen LogP contribution in [0.3, 0.4) is 0 Å². The second kappa shape index (κ2) is 8.53. The van der Waals surface area contributed by atoms with Crippen molar-refractivity contribution in [3.8, 4) is 6.07 Å². The Kier molecular flexibility index (Phi) is 5.67. The zero-order valence-corrected chi connectivity index (χ0v) is 16.7. The SMILES string of the molecule is N#Cc1c(NC(=O)/C=C/c2ccco2)sc2c1CCC(OC(=O)N1CCCC1)C2. The Morgan fingerprint density at radius 2 is 2.21 bits per heavy atom. The van der Waals surface area contributed by atoms with Gasteiger partial charge in [0.1, 0.15) is 22.9 Å². The second-order valence-electron chi connectivity index (χ2n) is 7.10. The van der Waals surface area contributed by atoms with E-state index in [0.717, 1.165) is 36.4 Å². The molecule has 2 amide bonds. The van der Waals surface area contributed by atoms with Crippen molar-refractivity contribution in [2.45, 2.75) is 38.2 Å². The summed E-state index contributed by atoms with van der Waals surface area (Å²) in [4.78, 5) is 27.2. The highest BCUT2D eigenvalue weighted by Crippen LogP contribution is 2.38. The van der Waals surface area contributed by atoms with Crippen LogP contribution in [0.1, 0.15) is 41.0 Å². The lowest BCUT2D eigenvalue weighted by atomic mass is 9.94. The van der Waals surface area contributed by atoms with E-state index < -0.39 is 0 Å². The number of likely N-dealkylation sites (tertiary alicyclic amines) is 1. The van der Waals surface area contributed by atoms with Gasteiger partial charge in [-0.25, -0.2) is 4.79 Å². The number of fused-ring (bicyclic) bond motifs is 1. The van der Waals surface area contributed by atoms with Crippen LogP contribution in [0, 0.1) is 11.3 Å². The van der Waals surface area contributed by atoms with Gasteiger partial charge in [-0.3, -0.25) is 4.79 Å². The van der Waals surface area contributed by atoms with Crippen molar-refractivity contribution in [1.82, 2.24) is 4.90 Å². The number of thiophene rings is 1. The number of rotatable bonds is 4. The molecule has 1 unspecified atom stereocenters. The quantitative estimate of drug-likeness (QED) is 0.769. The molecule has 3 heterocycles. The Morgan fingerprint density at radius 3 is 2.93 bits per heavy atom. The molecule has 0 bridgehead atoms. The summed E-state index contributed by atoms with van der Waals surface area (Å²) in [6.07, 6.45) is 8.01. The highest BCUT2D eigenvalue weighted by Gasteiger charge is 2.30. The normalized spacial score (nSPS) is 18.4. The summed E-state index contributed by atoms with van der Waals surface area (Å²) >= 11 is 1.38. The molecule has 1 N–H and O–H groups in total. The number of furan rings is 1. The van der Waals surface area contributed by atoms with Crippen LogP contribution in [0.25, 0.3) is 6.08 Å². The molecule has 0 aromatic carbocycles. The first-order valence-electron chi connectivity index (χ1n) is 9.67. The monoisotopic (exact) mass is 411 g/mol. The number of hydrogen-bond donors (Lipinski definition) is 1. The summed E-state index contributed by atoms with van der Waals surface area (Å²) in [6.45, 7) is 1.52. The van der Waals surface area contributed by atoms with Gasteiger partial charge < -0.3 is 19.4 Å². The molecule has 2 aliphatic rings. The first-order valence-corrected chi connectivity index (χ1v) is 10.5. The van der Waals surface area contributed by atoms with Crippen LogP contribution < -0.4 is 5.32 Å². The molecule has 1 aliphatic heterocycles. The molecular weight excluding hydrogens is 390 g/mol. The average molecular weight is 411 g/mol. The summed E-state index contributed by atoms with van der Waals surface area (Å²) in [5, 5.41) is 12.9. The third kappa shape index (κ3) is 4.35. The molecule has 1 fully saturated rings. The van der Waals surface area contributed by atoms with E-state index in [1.54, 1.807) is 23.1 Å². The zero-order chi connectivity index (χ0) is 20.2. The van der Waals surface area contributed by atoms with Crippen LogP contribution in [0.4, 0.5) is 9.80 Å². The maximum Gasteiger partial charge on any atom is 0.410 e. The second-order valence-corrected chi connectivity index (χ2v) is 8.21. The van der Waals surface area contributed by atoms with Crippen molar-refractivity contribution in [3.63, 3.8) is 0 Å². The molecule has 0 spiro atoms. The maximum absolute atomic E-state index is 12.3. The van der Waals surface area contributed by atoms with Gasteiger partial charge in [0.2, 0.25) is 5.91 Å². The summed E-state index contributed by atoms with van der Waals surface area (Å²) in [7, 11) is 0. The minimum atomic E-state index is -0.325. The Morgan fingerprint density at radius 1 is 1.38 bits per heavy atom. The van der Waals surface area contributed by atoms with Gasteiger partial charge in [-0.15, -0.1) is 11.3 Å². The number of amides is 2. The van der Waals surface area contributed by atoms with Gasteiger partial charge in [0.15, 0.2) is 0 Å². The highest BCUT2D eigenvalue weighted by atomic mass is 32.1. The topological polar surface area (TPSA) is 95.6 Å². The Labute approximate surface area is 172 Å². The maximum atomic E-state index is 12.3. The first-order chi connectivity index (χ1) is 14.1. The van der Waals surface area contributed by atoms with Crippen LogP contribution in [0.5, 0.6) is 0 Å². The van der Waals surface area contributed by atoms with Crippen LogP contribution in [-0.2, 0) is 22.4 Å². The van der Waals surface area contributed by atoms with Crippen molar-refractivity contribution in [3.05, 3.63) is 46.2 Å². The van der Waals surface area contributed by atoms with E-state index in [4.69, 9.17) is 9.15 Å². The lowest BCUT2D eigenvalue weighted by molar-refractivity contribution is -0.111. The Hall–Kier alpha value is -3.05. The molecule has 2 aromatic rings. The van der Waals surface area contributed by atoms with Crippen molar-refractivity contribution in [1.29, 1.82) is 5.26 Å². The minimum absolute atomic E-state index is 0.191. The van der Waals surface area contributed by atoms with E-state index in [1.807, 2.05) is 0 Å². The fourth-order valence-corrected chi connectivity index (χ4v) is 4.94. The van der Waals surface area contributed by atoms with E-state index in [0.29, 0.717) is 35.6 Å².